The molecule has 0 heterocycles. The number of methoxy groups -OCH3 is 1. The van der Waals surface area contributed by atoms with Gasteiger partial charge in [-0.1, -0.05) is 49.8 Å². The fourth-order valence-corrected chi connectivity index (χ4v) is 2.36. The van der Waals surface area contributed by atoms with E-state index >= 15 is 0 Å². The molecule has 0 radical (unpaired) electrons. The summed E-state index contributed by atoms with van der Waals surface area (Å²) >= 11 is 0. The lowest BCUT2D eigenvalue weighted by Crippen LogP contribution is -2.23. The molecule has 1 fully saturated rings. The summed E-state index contributed by atoms with van der Waals surface area (Å²) in [7, 11) is 1.74. The molecule has 1 aromatic rings. The van der Waals surface area contributed by atoms with Gasteiger partial charge < -0.3 is 10.1 Å². The molecular weight excluding hydrogens is 246 g/mol. The van der Waals surface area contributed by atoms with Crippen molar-refractivity contribution in [3.05, 3.63) is 41.0 Å². The van der Waals surface area contributed by atoms with Crippen LogP contribution in [0.2, 0.25) is 0 Å². The summed E-state index contributed by atoms with van der Waals surface area (Å²) in [5.74, 6) is 1.39. The molecule has 1 N–H and O–H groups in total. The highest BCUT2D eigenvalue weighted by atomic mass is 16.5. The summed E-state index contributed by atoms with van der Waals surface area (Å²) < 4.78 is 5.07. The Morgan fingerprint density at radius 2 is 2.20 bits per heavy atom. The van der Waals surface area contributed by atoms with Gasteiger partial charge in [-0.2, -0.15) is 0 Å². The molecule has 1 aliphatic carbocycles. The van der Waals surface area contributed by atoms with Gasteiger partial charge in [0.05, 0.1) is 6.61 Å². The Bertz CT molecular complexity index is 446. The molecule has 2 rings (SSSR count). The van der Waals surface area contributed by atoms with E-state index in [0.717, 1.165) is 25.6 Å². The summed E-state index contributed by atoms with van der Waals surface area (Å²) in [5, 5.41) is 3.44. The van der Waals surface area contributed by atoms with E-state index in [9.17, 15) is 0 Å². The largest absolute Gasteiger partial charge is 0.383 e. The molecule has 0 unspecified atom stereocenters. The van der Waals surface area contributed by atoms with Crippen LogP contribution in [0.15, 0.2) is 29.8 Å². The van der Waals surface area contributed by atoms with Crippen molar-refractivity contribution >= 4 is 6.08 Å². The molecule has 110 valence electrons. The minimum Gasteiger partial charge on any atom is -0.383 e. The predicted molar refractivity (Wildman–Crippen MR) is 86.0 cm³/mol. The number of rotatable bonds is 8. The minimum absolute atomic E-state index is 0.564. The summed E-state index contributed by atoms with van der Waals surface area (Å²) in [6, 6.07) is 9.02. The monoisotopic (exact) mass is 273 g/mol. The third-order valence-corrected chi connectivity index (χ3v) is 3.87. The van der Waals surface area contributed by atoms with E-state index < -0.39 is 0 Å². The molecule has 1 saturated carbocycles. The highest BCUT2D eigenvalue weighted by Crippen LogP contribution is 2.40. The standard InChI is InChI=1S/C18H27NO/c1-14(2)18(13-19-9-10-20-3)12-15-5-4-6-17(11-15)16-7-8-16/h4-6,11-12,14,16,19H,7-10,13H2,1-3H3/b18-12-. The van der Waals surface area contributed by atoms with E-state index in [0.29, 0.717) is 5.92 Å². The molecule has 1 aliphatic rings. The first-order chi connectivity index (χ1) is 9.70. The van der Waals surface area contributed by atoms with Crippen LogP contribution in [0.25, 0.3) is 6.08 Å². The first kappa shape index (κ1) is 15.3. The molecule has 2 nitrogen and oxygen atoms in total. The van der Waals surface area contributed by atoms with E-state index in [1.165, 1.54) is 29.5 Å². The normalized spacial score (nSPS) is 15.9. The zero-order valence-corrected chi connectivity index (χ0v) is 13.0. The Morgan fingerprint density at radius 1 is 1.40 bits per heavy atom. The summed E-state index contributed by atoms with van der Waals surface area (Å²) in [6.07, 6.45) is 5.07. The van der Waals surface area contributed by atoms with Crippen LogP contribution in [-0.2, 0) is 4.74 Å². The predicted octanol–water partition coefficient (Wildman–Crippen LogP) is 3.84. The highest BCUT2D eigenvalue weighted by molar-refractivity contribution is 5.55. The molecule has 0 spiro atoms. The number of benzene rings is 1. The SMILES string of the molecule is COCCNC/C(=C/c1cccc(C2CC2)c1)C(C)C. The van der Waals surface area contributed by atoms with Crippen LogP contribution < -0.4 is 5.32 Å². The van der Waals surface area contributed by atoms with Crippen molar-refractivity contribution in [2.45, 2.75) is 32.6 Å². The molecule has 0 saturated heterocycles. The maximum absolute atomic E-state index is 5.07. The molecule has 0 aromatic heterocycles. The van der Waals surface area contributed by atoms with Crippen LogP contribution in [0.5, 0.6) is 0 Å². The van der Waals surface area contributed by atoms with Crippen molar-refractivity contribution in [2.24, 2.45) is 5.92 Å². The molecule has 0 bridgehead atoms. The lowest BCUT2D eigenvalue weighted by atomic mass is 9.98. The van der Waals surface area contributed by atoms with Crippen molar-refractivity contribution < 1.29 is 4.74 Å². The molecular formula is C18H27NO. The second-order valence-corrected chi connectivity index (χ2v) is 5.99. The second kappa shape index (κ2) is 7.61. The van der Waals surface area contributed by atoms with Crippen molar-refractivity contribution in [1.29, 1.82) is 0 Å². The smallest absolute Gasteiger partial charge is 0.0587 e. The third kappa shape index (κ3) is 4.77. The third-order valence-electron chi connectivity index (χ3n) is 3.87. The van der Waals surface area contributed by atoms with Gasteiger partial charge in [-0.25, -0.2) is 0 Å². The Kier molecular flexibility index (Phi) is 5.81. The quantitative estimate of drug-likeness (QED) is 0.727. The molecule has 0 aliphatic heterocycles. The summed E-state index contributed by atoms with van der Waals surface area (Å²) in [4.78, 5) is 0. The second-order valence-electron chi connectivity index (χ2n) is 5.99. The van der Waals surface area contributed by atoms with Gasteiger partial charge in [0.15, 0.2) is 0 Å². The van der Waals surface area contributed by atoms with E-state index in [1.807, 2.05) is 0 Å². The Balaban J connectivity index is 2.01. The van der Waals surface area contributed by atoms with Crippen LogP contribution in [-0.4, -0.2) is 26.8 Å². The van der Waals surface area contributed by atoms with Crippen LogP contribution in [0.1, 0.15) is 43.7 Å². The summed E-state index contributed by atoms with van der Waals surface area (Å²) in [6.45, 7) is 7.13. The van der Waals surface area contributed by atoms with Gasteiger partial charge in [0.2, 0.25) is 0 Å². The van der Waals surface area contributed by atoms with Gasteiger partial charge >= 0.3 is 0 Å². The lowest BCUT2D eigenvalue weighted by molar-refractivity contribution is 0.200. The van der Waals surface area contributed by atoms with Crippen molar-refractivity contribution in [3.8, 4) is 0 Å². The molecule has 20 heavy (non-hydrogen) atoms. The number of nitrogens with one attached hydrogen (secondary N) is 1. The maximum Gasteiger partial charge on any atom is 0.0587 e. The topological polar surface area (TPSA) is 21.3 Å². The molecule has 0 amide bonds. The number of hydrogen-bond acceptors (Lipinski definition) is 2. The minimum atomic E-state index is 0.564. The van der Waals surface area contributed by atoms with E-state index in [4.69, 9.17) is 4.74 Å². The van der Waals surface area contributed by atoms with E-state index in [-0.39, 0.29) is 0 Å². The Morgan fingerprint density at radius 3 is 2.85 bits per heavy atom. The molecule has 0 atom stereocenters. The fourth-order valence-electron chi connectivity index (χ4n) is 2.36. The fraction of sp³-hybridized carbons (Fsp3) is 0.556. The van der Waals surface area contributed by atoms with Crippen LogP contribution in [0, 0.1) is 5.92 Å². The average molecular weight is 273 g/mol. The lowest BCUT2D eigenvalue weighted by Gasteiger charge is -2.13. The van der Waals surface area contributed by atoms with Gasteiger partial charge in [0, 0.05) is 20.2 Å². The Labute approximate surface area is 123 Å². The van der Waals surface area contributed by atoms with Crippen molar-refractivity contribution in [3.63, 3.8) is 0 Å². The van der Waals surface area contributed by atoms with Crippen LogP contribution >= 0.6 is 0 Å². The van der Waals surface area contributed by atoms with Gasteiger partial charge in [0.1, 0.15) is 0 Å². The van der Waals surface area contributed by atoms with Crippen molar-refractivity contribution in [1.82, 2.24) is 5.32 Å². The van der Waals surface area contributed by atoms with Gasteiger partial charge in [-0.15, -0.1) is 0 Å². The summed E-state index contributed by atoms with van der Waals surface area (Å²) in [5.41, 5.74) is 4.30. The molecule has 2 heteroatoms. The first-order valence-electron chi connectivity index (χ1n) is 7.70. The zero-order chi connectivity index (χ0) is 14.4. The average Bonchev–Trinajstić information content (AvgIpc) is 3.27. The van der Waals surface area contributed by atoms with Crippen LogP contribution in [0.4, 0.5) is 0 Å². The van der Waals surface area contributed by atoms with E-state index in [1.54, 1.807) is 7.11 Å². The van der Waals surface area contributed by atoms with E-state index in [2.05, 4.69) is 49.5 Å². The van der Waals surface area contributed by atoms with Crippen molar-refractivity contribution in [2.75, 3.05) is 26.8 Å². The van der Waals surface area contributed by atoms with Crippen LogP contribution in [0.3, 0.4) is 0 Å². The van der Waals surface area contributed by atoms with Gasteiger partial charge in [-0.3, -0.25) is 0 Å². The highest BCUT2D eigenvalue weighted by Gasteiger charge is 2.23. The zero-order valence-electron chi connectivity index (χ0n) is 13.0. The molecule has 1 aromatic carbocycles. The van der Waals surface area contributed by atoms with Gasteiger partial charge in [0.25, 0.3) is 0 Å². The number of ether oxygens (including phenoxy) is 1. The Hall–Kier alpha value is -1.12. The first-order valence-corrected chi connectivity index (χ1v) is 7.70. The van der Waals surface area contributed by atoms with Gasteiger partial charge in [-0.05, 0) is 35.8 Å². The maximum atomic E-state index is 5.07. The number of hydrogen-bond donors (Lipinski definition) is 1.